The van der Waals surface area contributed by atoms with E-state index >= 15 is 0 Å². The van der Waals surface area contributed by atoms with Crippen LogP contribution in [0.25, 0.3) is 0 Å². The second-order valence-corrected chi connectivity index (χ2v) is 5.67. The van der Waals surface area contributed by atoms with Crippen LogP contribution in [-0.4, -0.2) is 31.1 Å². The molecule has 0 atom stereocenters. The van der Waals surface area contributed by atoms with Crippen LogP contribution in [0.2, 0.25) is 0 Å². The molecule has 0 N–H and O–H groups in total. The number of hydrogen-bond acceptors (Lipinski definition) is 2. The highest BCUT2D eigenvalue weighted by Crippen LogP contribution is 2.29. The van der Waals surface area contributed by atoms with Crippen molar-refractivity contribution in [3.8, 4) is 0 Å². The van der Waals surface area contributed by atoms with Gasteiger partial charge in [-0.05, 0) is 23.3 Å². The minimum Gasteiger partial charge on any atom is -0.383 e. The number of carbonyl (C=O) groups excluding carboxylic acids is 1. The Morgan fingerprint density at radius 1 is 1.00 bits per heavy atom. The van der Waals surface area contributed by atoms with Crippen molar-refractivity contribution in [1.82, 2.24) is 4.90 Å². The predicted molar refractivity (Wildman–Crippen MR) is 88.9 cm³/mol. The lowest BCUT2D eigenvalue weighted by molar-refractivity contribution is -0.137. The Balaban J connectivity index is 2.05. The third-order valence-electron chi connectivity index (χ3n) is 3.77. The van der Waals surface area contributed by atoms with Gasteiger partial charge in [0.05, 0.1) is 18.6 Å². The number of ether oxygens (including phenoxy) is 1. The number of nitrogens with zero attached hydrogens (tertiary/aromatic N) is 1. The zero-order chi connectivity index (χ0) is 18.3. The van der Waals surface area contributed by atoms with Crippen LogP contribution in [0.1, 0.15) is 16.7 Å². The molecule has 134 valence electrons. The molecule has 0 aromatic heterocycles. The molecule has 2 rings (SSSR count). The molecule has 0 saturated heterocycles. The molecule has 0 radical (unpaired) electrons. The highest BCUT2D eigenvalue weighted by Gasteiger charge is 2.30. The van der Waals surface area contributed by atoms with Crippen molar-refractivity contribution in [1.29, 1.82) is 0 Å². The summed E-state index contributed by atoms with van der Waals surface area (Å²) in [6.07, 6.45) is -4.32. The van der Waals surface area contributed by atoms with E-state index in [2.05, 4.69) is 0 Å². The maximum Gasteiger partial charge on any atom is 0.416 e. The van der Waals surface area contributed by atoms with E-state index in [0.717, 1.165) is 17.7 Å². The maximum absolute atomic E-state index is 12.6. The molecule has 0 fully saturated rings. The van der Waals surface area contributed by atoms with E-state index in [1.807, 2.05) is 30.3 Å². The van der Waals surface area contributed by atoms with Crippen LogP contribution in [0, 0.1) is 0 Å². The van der Waals surface area contributed by atoms with Crippen molar-refractivity contribution in [2.75, 3.05) is 20.3 Å². The Labute approximate surface area is 145 Å². The van der Waals surface area contributed by atoms with Gasteiger partial charge in [-0.1, -0.05) is 42.5 Å². The molecule has 0 bridgehead atoms. The fraction of sp³-hybridized carbons (Fsp3) is 0.316. The molecule has 2 aromatic rings. The first-order chi connectivity index (χ1) is 11.9. The van der Waals surface area contributed by atoms with E-state index in [0.29, 0.717) is 25.3 Å². The van der Waals surface area contributed by atoms with Gasteiger partial charge < -0.3 is 9.64 Å². The zero-order valence-electron chi connectivity index (χ0n) is 13.9. The Morgan fingerprint density at radius 2 is 1.64 bits per heavy atom. The Hall–Kier alpha value is -2.34. The second-order valence-electron chi connectivity index (χ2n) is 5.67. The number of methoxy groups -OCH3 is 1. The Kier molecular flexibility index (Phi) is 6.58. The summed E-state index contributed by atoms with van der Waals surface area (Å²) in [7, 11) is 1.56. The molecule has 0 saturated carbocycles. The predicted octanol–water partition coefficient (Wildman–Crippen LogP) is 3.92. The van der Waals surface area contributed by atoms with Crippen LogP contribution < -0.4 is 0 Å². The lowest BCUT2D eigenvalue weighted by Gasteiger charge is -2.23. The summed E-state index contributed by atoms with van der Waals surface area (Å²) in [6.45, 7) is 1.25. The second kappa shape index (κ2) is 8.67. The summed E-state index contributed by atoms with van der Waals surface area (Å²) < 4.78 is 42.9. The summed E-state index contributed by atoms with van der Waals surface area (Å²) in [5.41, 5.74) is 0.817. The molecule has 3 nitrogen and oxygen atoms in total. The fourth-order valence-electron chi connectivity index (χ4n) is 2.40. The number of amides is 1. The summed E-state index contributed by atoms with van der Waals surface area (Å²) in [5.74, 6) is -0.152. The van der Waals surface area contributed by atoms with Gasteiger partial charge in [-0.25, -0.2) is 0 Å². The molecular weight excluding hydrogens is 331 g/mol. The maximum atomic E-state index is 12.6. The number of alkyl halides is 3. The standard InChI is InChI=1S/C19H20F3NO2/c1-25-12-11-23(14-16-5-3-2-4-6-16)18(24)13-15-7-9-17(10-8-15)19(20,21)22/h2-10H,11-14H2,1H3. The minimum atomic E-state index is -4.37. The first kappa shape index (κ1) is 19.0. The summed E-state index contributed by atoms with van der Waals surface area (Å²) in [4.78, 5) is 14.2. The summed E-state index contributed by atoms with van der Waals surface area (Å²) >= 11 is 0. The smallest absolute Gasteiger partial charge is 0.383 e. The number of rotatable bonds is 7. The fourth-order valence-corrected chi connectivity index (χ4v) is 2.40. The van der Waals surface area contributed by atoms with Crippen LogP contribution >= 0.6 is 0 Å². The molecule has 6 heteroatoms. The van der Waals surface area contributed by atoms with Crippen LogP contribution in [0.15, 0.2) is 54.6 Å². The molecule has 25 heavy (non-hydrogen) atoms. The van der Waals surface area contributed by atoms with Crippen molar-refractivity contribution >= 4 is 5.91 Å². The number of halogens is 3. The summed E-state index contributed by atoms with van der Waals surface area (Å²) in [5, 5.41) is 0. The van der Waals surface area contributed by atoms with Crippen molar-refractivity contribution < 1.29 is 22.7 Å². The average molecular weight is 351 g/mol. The first-order valence-corrected chi connectivity index (χ1v) is 7.87. The van der Waals surface area contributed by atoms with Crippen molar-refractivity contribution in [3.05, 3.63) is 71.3 Å². The minimum absolute atomic E-state index is 0.0503. The van der Waals surface area contributed by atoms with Crippen LogP contribution in [-0.2, 0) is 28.7 Å². The van der Waals surface area contributed by atoms with Gasteiger partial charge in [0, 0.05) is 20.2 Å². The van der Waals surface area contributed by atoms with Gasteiger partial charge in [-0.3, -0.25) is 4.79 Å². The lowest BCUT2D eigenvalue weighted by Crippen LogP contribution is -2.34. The normalized spacial score (nSPS) is 11.4. The van der Waals surface area contributed by atoms with Gasteiger partial charge >= 0.3 is 6.18 Å². The number of benzene rings is 2. The van der Waals surface area contributed by atoms with Crippen molar-refractivity contribution in [2.24, 2.45) is 0 Å². The van der Waals surface area contributed by atoms with E-state index in [-0.39, 0.29) is 12.3 Å². The largest absolute Gasteiger partial charge is 0.416 e. The molecule has 0 spiro atoms. The average Bonchev–Trinajstić information content (AvgIpc) is 2.59. The topological polar surface area (TPSA) is 29.5 Å². The zero-order valence-corrected chi connectivity index (χ0v) is 13.9. The molecular formula is C19H20F3NO2. The summed E-state index contributed by atoms with van der Waals surface area (Å²) in [6, 6.07) is 14.2. The van der Waals surface area contributed by atoms with E-state index in [1.54, 1.807) is 12.0 Å². The van der Waals surface area contributed by atoms with Gasteiger partial charge in [0.2, 0.25) is 5.91 Å². The van der Waals surface area contributed by atoms with Crippen LogP contribution in [0.5, 0.6) is 0 Å². The molecule has 2 aromatic carbocycles. The van der Waals surface area contributed by atoms with E-state index in [4.69, 9.17) is 4.74 Å². The molecule has 0 heterocycles. The van der Waals surface area contributed by atoms with Gasteiger partial charge in [-0.2, -0.15) is 13.2 Å². The highest BCUT2D eigenvalue weighted by atomic mass is 19.4. The van der Waals surface area contributed by atoms with E-state index < -0.39 is 11.7 Å². The van der Waals surface area contributed by atoms with Crippen molar-refractivity contribution in [3.63, 3.8) is 0 Å². The van der Waals surface area contributed by atoms with Crippen molar-refractivity contribution in [2.45, 2.75) is 19.1 Å². The van der Waals surface area contributed by atoms with E-state index in [1.165, 1.54) is 12.1 Å². The molecule has 0 unspecified atom stereocenters. The monoisotopic (exact) mass is 351 g/mol. The molecule has 0 aliphatic carbocycles. The van der Waals surface area contributed by atoms with Gasteiger partial charge in [0.15, 0.2) is 0 Å². The quantitative estimate of drug-likeness (QED) is 0.757. The van der Waals surface area contributed by atoms with Gasteiger partial charge in [0.1, 0.15) is 0 Å². The third kappa shape index (κ3) is 5.90. The van der Waals surface area contributed by atoms with E-state index in [9.17, 15) is 18.0 Å². The van der Waals surface area contributed by atoms with Gasteiger partial charge in [0.25, 0.3) is 0 Å². The van der Waals surface area contributed by atoms with Gasteiger partial charge in [-0.15, -0.1) is 0 Å². The van der Waals surface area contributed by atoms with Crippen LogP contribution in [0.3, 0.4) is 0 Å². The molecule has 0 aliphatic heterocycles. The SMILES string of the molecule is COCCN(Cc1ccccc1)C(=O)Cc1ccc(C(F)(F)F)cc1. The Morgan fingerprint density at radius 3 is 2.20 bits per heavy atom. The Bertz CT molecular complexity index is 669. The lowest BCUT2D eigenvalue weighted by atomic mass is 10.1. The number of hydrogen-bond donors (Lipinski definition) is 0. The van der Waals surface area contributed by atoms with Crippen LogP contribution in [0.4, 0.5) is 13.2 Å². The molecule has 1 amide bonds. The number of carbonyl (C=O) groups is 1. The third-order valence-corrected chi connectivity index (χ3v) is 3.77. The molecule has 0 aliphatic rings. The highest BCUT2D eigenvalue weighted by molar-refractivity contribution is 5.78. The first-order valence-electron chi connectivity index (χ1n) is 7.87.